The van der Waals surface area contributed by atoms with Crippen LogP contribution in [0.25, 0.3) is 16.8 Å². The maximum absolute atomic E-state index is 15.0. The van der Waals surface area contributed by atoms with E-state index in [4.69, 9.17) is 31.5 Å². The van der Waals surface area contributed by atoms with Crippen LogP contribution in [0, 0.1) is 12.3 Å². The van der Waals surface area contributed by atoms with Gasteiger partial charge in [0.05, 0.1) is 29.1 Å². The maximum atomic E-state index is 15.0. The highest BCUT2D eigenvalue weighted by Gasteiger charge is 2.46. The first-order valence-electron chi connectivity index (χ1n) is 16.9. The lowest BCUT2D eigenvalue weighted by atomic mass is 9.76. The first kappa shape index (κ1) is 36.2. The van der Waals surface area contributed by atoms with Crippen molar-refractivity contribution in [2.45, 2.75) is 71.4 Å². The number of nitrogens with one attached hydrogen (secondary N) is 1. The highest BCUT2D eigenvalue weighted by atomic mass is 35.5. The minimum atomic E-state index is -4.85. The standard InChI is InChI=1S/C36H41ClF3N7O4/c1-5-49-33(48)27-19-35(20-42-27)11-14-46(15-12-35)30-18-31(44-34(41)43-30)51-32(36(38,39)40)25-8-6-24(17-28(25)47-13-10-22(4)45-47)23-7-9-29(26(37)16-23)50-21(2)3/h6-10,13,16-18,21,27,32,42H,5,11-12,14-15,19-20H2,1-4H3,(H2,41,43,44)/t27-,32+/m0/s1. The molecule has 2 fully saturated rings. The van der Waals surface area contributed by atoms with Gasteiger partial charge in [-0.1, -0.05) is 29.8 Å². The number of hydrogen-bond acceptors (Lipinski definition) is 10. The molecule has 4 heterocycles. The second-order valence-corrected chi connectivity index (χ2v) is 13.7. The number of hydrogen-bond donors (Lipinski definition) is 2. The van der Waals surface area contributed by atoms with E-state index in [1.165, 1.54) is 16.8 Å². The number of carbonyl (C=O) groups excluding carboxylic acids is 1. The summed E-state index contributed by atoms with van der Waals surface area (Å²) in [6.07, 6.45) is -3.60. The van der Waals surface area contributed by atoms with Crippen LogP contribution in [0.3, 0.4) is 0 Å². The lowest BCUT2D eigenvalue weighted by Gasteiger charge is -2.39. The topological polar surface area (TPSA) is 130 Å². The summed E-state index contributed by atoms with van der Waals surface area (Å²) < 4.78 is 62.9. The molecule has 0 amide bonds. The van der Waals surface area contributed by atoms with Gasteiger partial charge in [0.1, 0.15) is 17.6 Å². The Hall–Kier alpha value is -4.56. The zero-order chi connectivity index (χ0) is 36.5. The number of alkyl halides is 3. The SMILES string of the molecule is CCOC(=O)[C@@H]1CC2(CCN(c3cc(O[C@H](c4ccc(-c5ccc(OC(C)C)c(Cl)c5)cc4-n4ccc(C)n4)C(F)(F)F)nc(N)n3)CC2)CN1. The normalized spacial score (nSPS) is 17.9. The molecule has 2 atom stereocenters. The minimum Gasteiger partial charge on any atom is -0.489 e. The zero-order valence-electron chi connectivity index (χ0n) is 28.8. The molecule has 11 nitrogen and oxygen atoms in total. The molecule has 2 aliphatic rings. The predicted molar refractivity (Wildman–Crippen MR) is 187 cm³/mol. The van der Waals surface area contributed by atoms with Gasteiger partial charge < -0.3 is 30.2 Å². The van der Waals surface area contributed by atoms with Crippen LogP contribution in [0.2, 0.25) is 5.02 Å². The number of anilines is 2. The number of aromatic nitrogens is 4. The Kier molecular flexibility index (Phi) is 10.4. The molecule has 2 saturated heterocycles. The monoisotopic (exact) mass is 727 g/mol. The van der Waals surface area contributed by atoms with Gasteiger partial charge in [-0.2, -0.15) is 28.2 Å². The largest absolute Gasteiger partial charge is 0.489 e. The zero-order valence-corrected chi connectivity index (χ0v) is 29.6. The molecule has 272 valence electrons. The molecular formula is C36H41ClF3N7O4. The summed E-state index contributed by atoms with van der Waals surface area (Å²) in [7, 11) is 0. The van der Waals surface area contributed by atoms with Gasteiger partial charge in [0.15, 0.2) is 0 Å². The van der Waals surface area contributed by atoms with E-state index >= 15 is 0 Å². The molecular weight excluding hydrogens is 687 g/mol. The molecule has 0 unspecified atom stereocenters. The van der Waals surface area contributed by atoms with Crippen molar-refractivity contribution >= 4 is 29.3 Å². The molecule has 6 rings (SSSR count). The van der Waals surface area contributed by atoms with Crippen LogP contribution in [-0.4, -0.2) is 70.3 Å². The van der Waals surface area contributed by atoms with Crippen LogP contribution < -0.4 is 25.4 Å². The Morgan fingerprint density at radius 3 is 2.45 bits per heavy atom. The molecule has 2 aliphatic heterocycles. The van der Waals surface area contributed by atoms with Crippen LogP contribution in [-0.2, 0) is 9.53 Å². The molecule has 0 bridgehead atoms. The number of nitrogens with zero attached hydrogens (tertiary/aromatic N) is 5. The van der Waals surface area contributed by atoms with Crippen molar-refractivity contribution in [1.82, 2.24) is 25.1 Å². The van der Waals surface area contributed by atoms with Crippen LogP contribution in [0.4, 0.5) is 24.9 Å². The van der Waals surface area contributed by atoms with Gasteiger partial charge in [-0.15, -0.1) is 0 Å². The summed E-state index contributed by atoms with van der Waals surface area (Å²) in [5.74, 6) is 0.0856. The molecule has 3 N–H and O–H groups in total. The van der Waals surface area contributed by atoms with Crippen molar-refractivity contribution in [1.29, 1.82) is 0 Å². The number of aryl methyl sites for hydroxylation is 1. The van der Waals surface area contributed by atoms with Crippen LogP contribution in [0.1, 0.15) is 57.4 Å². The Morgan fingerprint density at radius 1 is 1.08 bits per heavy atom. The molecule has 1 spiro atoms. The fourth-order valence-corrected chi connectivity index (χ4v) is 6.95. The number of esters is 1. The molecule has 0 radical (unpaired) electrons. The van der Waals surface area contributed by atoms with Crippen molar-refractivity contribution in [2.75, 3.05) is 36.9 Å². The van der Waals surface area contributed by atoms with E-state index in [0.29, 0.717) is 66.1 Å². The van der Waals surface area contributed by atoms with Gasteiger partial charge in [-0.05, 0) is 87.8 Å². The fraction of sp³-hybridized carbons (Fsp3) is 0.444. The average molecular weight is 728 g/mol. The number of nitrogen functional groups attached to an aromatic ring is 1. The van der Waals surface area contributed by atoms with E-state index in [1.807, 2.05) is 18.7 Å². The smallest absolute Gasteiger partial charge is 0.429 e. The molecule has 2 aromatic carbocycles. The van der Waals surface area contributed by atoms with Crippen molar-refractivity contribution in [3.63, 3.8) is 0 Å². The Labute approximate surface area is 299 Å². The molecule has 15 heteroatoms. The summed E-state index contributed by atoms with van der Waals surface area (Å²) in [6, 6.07) is 12.5. The van der Waals surface area contributed by atoms with Crippen molar-refractivity contribution in [2.24, 2.45) is 5.41 Å². The van der Waals surface area contributed by atoms with Gasteiger partial charge in [0.2, 0.25) is 17.9 Å². The van der Waals surface area contributed by atoms with Gasteiger partial charge in [-0.3, -0.25) is 4.79 Å². The van der Waals surface area contributed by atoms with Gasteiger partial charge in [0.25, 0.3) is 0 Å². The Morgan fingerprint density at radius 2 is 1.80 bits per heavy atom. The van der Waals surface area contributed by atoms with Crippen LogP contribution >= 0.6 is 11.6 Å². The number of nitrogens with two attached hydrogens (primary N) is 1. The summed E-state index contributed by atoms with van der Waals surface area (Å²) in [5, 5.41) is 8.08. The van der Waals surface area contributed by atoms with E-state index in [2.05, 4.69) is 20.4 Å². The maximum Gasteiger partial charge on any atom is 0.429 e. The van der Waals surface area contributed by atoms with Crippen molar-refractivity contribution in [3.05, 3.63) is 71.0 Å². The van der Waals surface area contributed by atoms with Gasteiger partial charge in [-0.25, -0.2) is 4.68 Å². The average Bonchev–Trinajstić information content (AvgIpc) is 3.70. The number of carbonyl (C=O) groups is 1. The van der Waals surface area contributed by atoms with Crippen LogP contribution in [0.15, 0.2) is 54.7 Å². The highest BCUT2D eigenvalue weighted by molar-refractivity contribution is 6.32. The molecule has 0 aliphatic carbocycles. The second-order valence-electron chi connectivity index (χ2n) is 13.3. The summed E-state index contributed by atoms with van der Waals surface area (Å²) >= 11 is 6.50. The molecule has 2 aromatic heterocycles. The molecule has 51 heavy (non-hydrogen) atoms. The van der Waals surface area contributed by atoms with Gasteiger partial charge >= 0.3 is 12.1 Å². The summed E-state index contributed by atoms with van der Waals surface area (Å²) in [4.78, 5) is 22.6. The first-order valence-corrected chi connectivity index (χ1v) is 17.3. The van der Waals surface area contributed by atoms with E-state index < -0.39 is 12.3 Å². The number of halogens is 4. The Balaban J connectivity index is 1.28. The Bertz CT molecular complexity index is 1880. The highest BCUT2D eigenvalue weighted by Crippen LogP contribution is 2.43. The van der Waals surface area contributed by atoms with Crippen molar-refractivity contribution < 1.29 is 32.2 Å². The number of rotatable bonds is 10. The fourth-order valence-electron chi connectivity index (χ4n) is 6.72. The number of benzene rings is 2. The summed E-state index contributed by atoms with van der Waals surface area (Å²) in [5.41, 5.74) is 7.85. The quantitative estimate of drug-likeness (QED) is 0.167. The lowest BCUT2D eigenvalue weighted by Crippen LogP contribution is -2.41. The third-order valence-corrected chi connectivity index (χ3v) is 9.53. The van der Waals surface area contributed by atoms with Gasteiger partial charge in [0, 0.05) is 37.5 Å². The van der Waals surface area contributed by atoms with E-state index in [9.17, 15) is 18.0 Å². The molecule has 4 aromatic rings. The van der Waals surface area contributed by atoms with E-state index in [-0.39, 0.29) is 46.6 Å². The van der Waals surface area contributed by atoms with E-state index in [0.717, 1.165) is 12.8 Å². The number of ether oxygens (including phenoxy) is 3. The third kappa shape index (κ3) is 8.17. The lowest BCUT2D eigenvalue weighted by molar-refractivity contribution is -0.198. The molecule has 0 saturated carbocycles. The summed E-state index contributed by atoms with van der Waals surface area (Å²) in [6.45, 7) is 9.43. The first-order chi connectivity index (χ1) is 24.2. The third-order valence-electron chi connectivity index (χ3n) is 9.23. The second kappa shape index (κ2) is 14.6. The van der Waals surface area contributed by atoms with E-state index in [1.54, 1.807) is 56.4 Å². The predicted octanol–water partition coefficient (Wildman–Crippen LogP) is 6.85. The number of piperidine rings is 1. The van der Waals surface area contributed by atoms with Crippen LogP contribution in [0.5, 0.6) is 11.6 Å². The minimum absolute atomic E-state index is 0.0865. The van der Waals surface area contributed by atoms with Crippen molar-refractivity contribution in [3.8, 4) is 28.4 Å².